The molecule has 4 nitrogen and oxygen atoms in total. The van der Waals surface area contributed by atoms with Gasteiger partial charge in [-0.25, -0.2) is 0 Å². The molecule has 2 aromatic carbocycles. The van der Waals surface area contributed by atoms with Crippen LogP contribution in [0.3, 0.4) is 0 Å². The predicted octanol–water partition coefficient (Wildman–Crippen LogP) is 3.72. The number of phenols is 1. The van der Waals surface area contributed by atoms with Crippen LogP contribution in [0.5, 0.6) is 5.75 Å². The number of benzene rings is 2. The number of aliphatic hydroxyl groups is 1. The first-order chi connectivity index (χ1) is 12.0. The maximum Gasteiger partial charge on any atom is 0.303 e. The van der Waals surface area contributed by atoms with Gasteiger partial charge in [-0.05, 0) is 42.2 Å². The molecular formula is C21H24O4. The highest BCUT2D eigenvalue weighted by molar-refractivity contribution is 5.66. The van der Waals surface area contributed by atoms with Crippen molar-refractivity contribution >= 4 is 12.0 Å². The van der Waals surface area contributed by atoms with Crippen molar-refractivity contribution in [2.24, 2.45) is 0 Å². The van der Waals surface area contributed by atoms with E-state index in [1.54, 1.807) is 18.2 Å². The summed E-state index contributed by atoms with van der Waals surface area (Å²) in [5, 5.41) is 19.6. The van der Waals surface area contributed by atoms with Crippen molar-refractivity contribution in [3.63, 3.8) is 0 Å². The smallest absolute Gasteiger partial charge is 0.303 e. The highest BCUT2D eigenvalue weighted by Gasteiger charge is 2.15. The lowest BCUT2D eigenvalue weighted by Gasteiger charge is -2.17. The van der Waals surface area contributed by atoms with Crippen LogP contribution in [0.25, 0.3) is 6.08 Å². The fraction of sp³-hybridized carbons (Fsp3) is 0.286. The third kappa shape index (κ3) is 7.23. The molecule has 0 fully saturated rings. The minimum absolute atomic E-state index is 0.227. The summed E-state index contributed by atoms with van der Waals surface area (Å²) >= 11 is 0. The zero-order valence-corrected chi connectivity index (χ0v) is 14.3. The Morgan fingerprint density at radius 1 is 1.12 bits per heavy atom. The second kappa shape index (κ2) is 9.64. The molecule has 0 aromatic heterocycles. The van der Waals surface area contributed by atoms with Gasteiger partial charge in [0.15, 0.2) is 0 Å². The van der Waals surface area contributed by atoms with Gasteiger partial charge in [-0.15, -0.1) is 0 Å². The van der Waals surface area contributed by atoms with Gasteiger partial charge in [0.25, 0.3) is 0 Å². The van der Waals surface area contributed by atoms with Crippen LogP contribution in [0.15, 0.2) is 60.7 Å². The Morgan fingerprint density at radius 2 is 1.80 bits per heavy atom. The number of aromatic hydroxyl groups is 1. The van der Waals surface area contributed by atoms with Gasteiger partial charge in [0, 0.05) is 13.3 Å². The number of ether oxygens (including phenoxy) is 1. The number of phenolic OH excluding ortho intramolecular Hbond substituents is 1. The molecule has 0 amide bonds. The van der Waals surface area contributed by atoms with Crippen molar-refractivity contribution in [3.05, 3.63) is 71.8 Å². The van der Waals surface area contributed by atoms with E-state index in [-0.39, 0.29) is 11.7 Å². The number of carbonyl (C=O) groups excluding carboxylic acids is 1. The molecule has 0 spiro atoms. The number of rotatable bonds is 8. The van der Waals surface area contributed by atoms with Gasteiger partial charge in [0.1, 0.15) is 11.9 Å². The topological polar surface area (TPSA) is 66.8 Å². The number of aliphatic hydroxyl groups excluding tert-OH is 1. The Hall–Kier alpha value is -2.59. The number of esters is 1. The zero-order chi connectivity index (χ0) is 18.1. The lowest BCUT2D eigenvalue weighted by atomic mass is 10.0. The second-order valence-corrected chi connectivity index (χ2v) is 6.01. The van der Waals surface area contributed by atoms with Crippen LogP contribution in [-0.4, -0.2) is 28.4 Å². The van der Waals surface area contributed by atoms with Gasteiger partial charge in [-0.1, -0.05) is 48.5 Å². The number of hydrogen-bond acceptors (Lipinski definition) is 4. The van der Waals surface area contributed by atoms with Crippen LogP contribution in [0.4, 0.5) is 0 Å². The first-order valence-electron chi connectivity index (χ1n) is 8.39. The second-order valence-electron chi connectivity index (χ2n) is 6.01. The third-order valence-electron chi connectivity index (χ3n) is 3.83. The standard InChI is InChI=1S/C21H24O4/c1-16(22)25-21(14-10-17-5-3-2-4-6-17)15-20(24)13-9-18-7-11-19(23)12-8-18/h2-8,10-12,14,20-21,23-24H,9,13,15H2,1H3. The third-order valence-corrected chi connectivity index (χ3v) is 3.83. The maximum atomic E-state index is 11.3. The minimum atomic E-state index is -0.585. The summed E-state index contributed by atoms with van der Waals surface area (Å²) in [7, 11) is 0. The normalized spacial score (nSPS) is 13.5. The van der Waals surface area contributed by atoms with Gasteiger partial charge in [-0.3, -0.25) is 4.79 Å². The summed E-state index contributed by atoms with van der Waals surface area (Å²) in [6, 6.07) is 16.7. The molecule has 2 rings (SSSR count). The Morgan fingerprint density at radius 3 is 2.44 bits per heavy atom. The van der Waals surface area contributed by atoms with Gasteiger partial charge in [0.2, 0.25) is 0 Å². The highest BCUT2D eigenvalue weighted by atomic mass is 16.5. The molecule has 4 heteroatoms. The molecule has 0 saturated heterocycles. The van der Waals surface area contributed by atoms with Crippen LogP contribution in [-0.2, 0) is 16.0 Å². The quantitative estimate of drug-likeness (QED) is 0.719. The van der Waals surface area contributed by atoms with Crippen LogP contribution < -0.4 is 0 Å². The molecule has 0 bridgehead atoms. The number of carbonyl (C=O) groups is 1. The Kier molecular flexibility index (Phi) is 7.23. The maximum absolute atomic E-state index is 11.3. The molecule has 0 saturated carbocycles. The summed E-state index contributed by atoms with van der Waals surface area (Å²) in [6.45, 7) is 1.37. The van der Waals surface area contributed by atoms with E-state index in [0.29, 0.717) is 19.3 Å². The Labute approximate surface area is 148 Å². The molecule has 0 aliphatic carbocycles. The SMILES string of the molecule is CC(=O)OC(C=Cc1ccccc1)CC(O)CCc1ccc(O)cc1. The van der Waals surface area contributed by atoms with Crippen molar-refractivity contribution < 1.29 is 19.7 Å². The zero-order valence-electron chi connectivity index (χ0n) is 14.3. The molecule has 0 aliphatic heterocycles. The molecule has 2 aromatic rings. The van der Waals surface area contributed by atoms with Crippen molar-refractivity contribution in [1.82, 2.24) is 0 Å². The summed E-state index contributed by atoms with van der Waals surface area (Å²) in [5.74, 6) is -0.140. The minimum Gasteiger partial charge on any atom is -0.508 e. The van der Waals surface area contributed by atoms with E-state index in [2.05, 4.69) is 0 Å². The van der Waals surface area contributed by atoms with Gasteiger partial charge in [0.05, 0.1) is 6.10 Å². The van der Waals surface area contributed by atoms with Crippen LogP contribution in [0.2, 0.25) is 0 Å². The first-order valence-corrected chi connectivity index (χ1v) is 8.39. The summed E-state index contributed by atoms with van der Waals surface area (Å²) in [6.07, 6.45) is 4.24. The summed E-state index contributed by atoms with van der Waals surface area (Å²) in [5.41, 5.74) is 2.05. The average Bonchev–Trinajstić information content (AvgIpc) is 2.59. The largest absolute Gasteiger partial charge is 0.508 e. The molecule has 25 heavy (non-hydrogen) atoms. The van der Waals surface area contributed by atoms with E-state index < -0.39 is 12.2 Å². The molecule has 2 unspecified atom stereocenters. The molecule has 2 N–H and O–H groups in total. The van der Waals surface area contributed by atoms with Crippen molar-refractivity contribution in [2.45, 2.75) is 38.4 Å². The van der Waals surface area contributed by atoms with Gasteiger partial charge >= 0.3 is 5.97 Å². The van der Waals surface area contributed by atoms with Crippen molar-refractivity contribution in [3.8, 4) is 5.75 Å². The van der Waals surface area contributed by atoms with E-state index in [9.17, 15) is 15.0 Å². The van der Waals surface area contributed by atoms with E-state index in [1.165, 1.54) is 6.92 Å². The molecule has 0 aliphatic rings. The van der Waals surface area contributed by atoms with Crippen LogP contribution >= 0.6 is 0 Å². The van der Waals surface area contributed by atoms with E-state index in [1.807, 2.05) is 48.5 Å². The first kappa shape index (κ1) is 18.7. The highest BCUT2D eigenvalue weighted by Crippen LogP contribution is 2.15. The summed E-state index contributed by atoms with van der Waals surface area (Å²) in [4.78, 5) is 11.3. The summed E-state index contributed by atoms with van der Waals surface area (Å²) < 4.78 is 5.29. The van der Waals surface area contributed by atoms with Crippen molar-refractivity contribution in [1.29, 1.82) is 0 Å². The molecule has 0 radical (unpaired) electrons. The Balaban J connectivity index is 1.90. The van der Waals surface area contributed by atoms with Crippen LogP contribution in [0, 0.1) is 0 Å². The molecule has 132 valence electrons. The van der Waals surface area contributed by atoms with E-state index >= 15 is 0 Å². The predicted molar refractivity (Wildman–Crippen MR) is 98.1 cm³/mol. The van der Waals surface area contributed by atoms with Crippen molar-refractivity contribution in [2.75, 3.05) is 0 Å². The monoisotopic (exact) mass is 340 g/mol. The fourth-order valence-corrected chi connectivity index (χ4v) is 2.54. The van der Waals surface area contributed by atoms with Gasteiger partial charge < -0.3 is 14.9 Å². The molecule has 2 atom stereocenters. The number of hydrogen-bond donors (Lipinski definition) is 2. The van der Waals surface area contributed by atoms with E-state index in [0.717, 1.165) is 11.1 Å². The fourth-order valence-electron chi connectivity index (χ4n) is 2.54. The average molecular weight is 340 g/mol. The van der Waals surface area contributed by atoms with Gasteiger partial charge in [-0.2, -0.15) is 0 Å². The lowest BCUT2D eigenvalue weighted by molar-refractivity contribution is -0.145. The molecule has 0 heterocycles. The van der Waals surface area contributed by atoms with E-state index in [4.69, 9.17) is 4.74 Å². The Bertz CT molecular complexity index is 677. The lowest BCUT2D eigenvalue weighted by Crippen LogP contribution is -2.21. The van der Waals surface area contributed by atoms with Crippen LogP contribution in [0.1, 0.15) is 30.9 Å². The molecular weight excluding hydrogens is 316 g/mol. The number of aryl methyl sites for hydroxylation is 1.